The molecule has 136 valence electrons. The normalized spacial score (nSPS) is 15.8. The SMILES string of the molecule is N#Cc1ccc(C(=O)N2c3ccccc3NC(=O)C[C@@H]2c2ccccc2)cc1. The van der Waals surface area contributed by atoms with E-state index >= 15 is 0 Å². The number of carbonyl (C=O) groups is 2. The van der Waals surface area contributed by atoms with Crippen LogP contribution in [-0.2, 0) is 4.79 Å². The Hall–Kier alpha value is -3.91. The molecular formula is C23H17N3O2. The van der Waals surface area contributed by atoms with E-state index in [1.807, 2.05) is 48.5 Å². The summed E-state index contributed by atoms with van der Waals surface area (Å²) in [6.07, 6.45) is 0.153. The molecule has 0 bridgehead atoms. The van der Waals surface area contributed by atoms with Gasteiger partial charge in [-0.05, 0) is 42.0 Å². The maximum Gasteiger partial charge on any atom is 0.258 e. The first-order chi connectivity index (χ1) is 13.7. The molecule has 0 spiro atoms. The maximum absolute atomic E-state index is 13.5. The number of hydrogen-bond donors (Lipinski definition) is 1. The number of fused-ring (bicyclic) bond motifs is 1. The average Bonchev–Trinajstić information content (AvgIpc) is 2.89. The van der Waals surface area contributed by atoms with Crippen LogP contribution < -0.4 is 10.2 Å². The van der Waals surface area contributed by atoms with Gasteiger partial charge in [-0.1, -0.05) is 42.5 Å². The van der Waals surface area contributed by atoms with Crippen molar-refractivity contribution in [1.82, 2.24) is 0 Å². The number of rotatable bonds is 2. The van der Waals surface area contributed by atoms with Crippen LogP contribution in [0.2, 0.25) is 0 Å². The molecule has 0 radical (unpaired) electrons. The van der Waals surface area contributed by atoms with E-state index in [-0.39, 0.29) is 18.2 Å². The number of nitrogens with zero attached hydrogens (tertiary/aromatic N) is 2. The van der Waals surface area contributed by atoms with Crippen LogP contribution >= 0.6 is 0 Å². The zero-order valence-electron chi connectivity index (χ0n) is 15.0. The van der Waals surface area contributed by atoms with E-state index in [4.69, 9.17) is 5.26 Å². The lowest BCUT2D eigenvalue weighted by atomic mass is 10.00. The second-order valence-electron chi connectivity index (χ2n) is 6.56. The molecule has 5 nitrogen and oxygen atoms in total. The van der Waals surface area contributed by atoms with Gasteiger partial charge in [0.15, 0.2) is 0 Å². The Morgan fingerprint density at radius 2 is 1.64 bits per heavy atom. The fraction of sp³-hybridized carbons (Fsp3) is 0.0870. The number of anilines is 2. The number of nitriles is 1. The molecule has 3 aromatic carbocycles. The summed E-state index contributed by atoms with van der Waals surface area (Å²) < 4.78 is 0. The number of nitrogens with one attached hydrogen (secondary N) is 1. The van der Waals surface area contributed by atoms with Crippen molar-refractivity contribution in [3.8, 4) is 6.07 Å². The Labute approximate surface area is 162 Å². The molecule has 1 aliphatic heterocycles. The van der Waals surface area contributed by atoms with E-state index in [1.165, 1.54) is 0 Å². The molecule has 5 heteroatoms. The van der Waals surface area contributed by atoms with Gasteiger partial charge in [-0.3, -0.25) is 14.5 Å². The molecule has 0 aromatic heterocycles. The minimum absolute atomic E-state index is 0.142. The first kappa shape index (κ1) is 17.5. The predicted octanol–water partition coefficient (Wildman–Crippen LogP) is 4.29. The molecule has 28 heavy (non-hydrogen) atoms. The topological polar surface area (TPSA) is 73.2 Å². The highest BCUT2D eigenvalue weighted by Gasteiger charge is 2.33. The van der Waals surface area contributed by atoms with Gasteiger partial charge in [-0.25, -0.2) is 0 Å². The van der Waals surface area contributed by atoms with Gasteiger partial charge in [0.1, 0.15) is 0 Å². The lowest BCUT2D eigenvalue weighted by molar-refractivity contribution is -0.116. The molecule has 1 aliphatic rings. The Morgan fingerprint density at radius 3 is 2.36 bits per heavy atom. The number of para-hydroxylation sites is 2. The molecule has 2 amide bonds. The lowest BCUT2D eigenvalue weighted by Gasteiger charge is -2.31. The molecule has 1 atom stereocenters. The largest absolute Gasteiger partial charge is 0.324 e. The van der Waals surface area contributed by atoms with Gasteiger partial charge in [0.2, 0.25) is 5.91 Å². The van der Waals surface area contributed by atoms with E-state index in [1.54, 1.807) is 35.2 Å². The Bertz CT molecular complexity index is 1070. The van der Waals surface area contributed by atoms with E-state index < -0.39 is 6.04 Å². The molecule has 0 aliphatic carbocycles. The van der Waals surface area contributed by atoms with Crippen LogP contribution in [0.25, 0.3) is 0 Å². The molecule has 0 saturated carbocycles. The van der Waals surface area contributed by atoms with Crippen molar-refractivity contribution in [2.45, 2.75) is 12.5 Å². The van der Waals surface area contributed by atoms with Crippen molar-refractivity contribution < 1.29 is 9.59 Å². The molecule has 1 heterocycles. The summed E-state index contributed by atoms with van der Waals surface area (Å²) in [5.74, 6) is -0.362. The lowest BCUT2D eigenvalue weighted by Crippen LogP contribution is -2.35. The van der Waals surface area contributed by atoms with Crippen molar-refractivity contribution in [3.63, 3.8) is 0 Å². The van der Waals surface area contributed by atoms with Gasteiger partial charge in [-0.15, -0.1) is 0 Å². The first-order valence-corrected chi connectivity index (χ1v) is 8.95. The quantitative estimate of drug-likeness (QED) is 0.734. The zero-order valence-corrected chi connectivity index (χ0v) is 15.0. The Balaban J connectivity index is 1.86. The van der Waals surface area contributed by atoms with Gasteiger partial charge in [0.25, 0.3) is 5.91 Å². The van der Waals surface area contributed by atoms with Crippen molar-refractivity contribution in [3.05, 3.63) is 95.6 Å². The highest BCUT2D eigenvalue weighted by Crippen LogP contribution is 2.38. The predicted molar refractivity (Wildman–Crippen MR) is 107 cm³/mol. The van der Waals surface area contributed by atoms with E-state index in [0.717, 1.165) is 5.56 Å². The molecule has 0 saturated heterocycles. The minimum atomic E-state index is -0.437. The number of amides is 2. The molecule has 0 fully saturated rings. The van der Waals surface area contributed by atoms with Gasteiger partial charge < -0.3 is 5.32 Å². The monoisotopic (exact) mass is 367 g/mol. The molecule has 4 rings (SSSR count). The summed E-state index contributed by atoms with van der Waals surface area (Å²) >= 11 is 0. The summed E-state index contributed by atoms with van der Waals surface area (Å²) in [4.78, 5) is 27.7. The van der Waals surface area contributed by atoms with Crippen molar-refractivity contribution >= 4 is 23.2 Å². The fourth-order valence-electron chi connectivity index (χ4n) is 3.44. The standard InChI is InChI=1S/C23H17N3O2/c24-15-16-10-12-18(13-11-16)23(28)26-20-9-5-4-8-19(20)25-22(27)14-21(26)17-6-2-1-3-7-17/h1-13,21H,14H2,(H,25,27)/t21-/m1/s1. The molecule has 0 unspecified atom stereocenters. The van der Waals surface area contributed by atoms with Crippen molar-refractivity contribution in [2.75, 3.05) is 10.2 Å². The van der Waals surface area contributed by atoms with Crippen LogP contribution in [0.15, 0.2) is 78.9 Å². The highest BCUT2D eigenvalue weighted by atomic mass is 16.2. The summed E-state index contributed by atoms with van der Waals surface area (Å²) in [6, 6.07) is 25.0. The number of benzene rings is 3. The number of hydrogen-bond acceptors (Lipinski definition) is 3. The van der Waals surface area contributed by atoms with Gasteiger partial charge in [-0.2, -0.15) is 5.26 Å². The second kappa shape index (κ2) is 7.37. The fourth-order valence-corrected chi connectivity index (χ4v) is 3.44. The summed E-state index contributed by atoms with van der Waals surface area (Å²) in [6.45, 7) is 0. The van der Waals surface area contributed by atoms with Gasteiger partial charge in [0.05, 0.1) is 35.5 Å². The van der Waals surface area contributed by atoms with Crippen molar-refractivity contribution in [2.24, 2.45) is 0 Å². The number of carbonyl (C=O) groups excluding carboxylic acids is 2. The first-order valence-electron chi connectivity index (χ1n) is 8.95. The van der Waals surface area contributed by atoms with E-state index in [2.05, 4.69) is 11.4 Å². The molecular weight excluding hydrogens is 350 g/mol. The molecule has 1 N–H and O–H groups in total. The third-order valence-corrected chi connectivity index (χ3v) is 4.79. The van der Waals surface area contributed by atoms with Crippen molar-refractivity contribution in [1.29, 1.82) is 5.26 Å². The Kier molecular flexibility index (Phi) is 4.61. The summed E-state index contributed by atoms with van der Waals surface area (Å²) in [7, 11) is 0. The third kappa shape index (κ3) is 3.24. The third-order valence-electron chi connectivity index (χ3n) is 4.79. The van der Waals surface area contributed by atoms with Crippen LogP contribution in [0.3, 0.4) is 0 Å². The smallest absolute Gasteiger partial charge is 0.258 e. The summed E-state index contributed by atoms with van der Waals surface area (Å²) in [5.41, 5.74) is 3.09. The van der Waals surface area contributed by atoms with Crippen LogP contribution in [0, 0.1) is 11.3 Å². The van der Waals surface area contributed by atoms with Crippen LogP contribution in [0.4, 0.5) is 11.4 Å². The second-order valence-corrected chi connectivity index (χ2v) is 6.56. The van der Waals surface area contributed by atoms with E-state index in [0.29, 0.717) is 22.5 Å². The van der Waals surface area contributed by atoms with Crippen LogP contribution in [0.5, 0.6) is 0 Å². The van der Waals surface area contributed by atoms with Gasteiger partial charge in [0, 0.05) is 5.56 Å². The highest BCUT2D eigenvalue weighted by molar-refractivity contribution is 6.11. The molecule has 3 aromatic rings. The summed E-state index contributed by atoms with van der Waals surface area (Å²) in [5, 5.41) is 11.9. The van der Waals surface area contributed by atoms with Crippen LogP contribution in [0.1, 0.15) is 33.9 Å². The van der Waals surface area contributed by atoms with Crippen LogP contribution in [-0.4, -0.2) is 11.8 Å². The average molecular weight is 367 g/mol. The Morgan fingerprint density at radius 1 is 0.964 bits per heavy atom. The zero-order chi connectivity index (χ0) is 19.5. The van der Waals surface area contributed by atoms with E-state index in [9.17, 15) is 9.59 Å². The van der Waals surface area contributed by atoms with Gasteiger partial charge >= 0.3 is 0 Å². The minimum Gasteiger partial charge on any atom is -0.324 e. The maximum atomic E-state index is 13.5.